The van der Waals surface area contributed by atoms with E-state index in [0.717, 1.165) is 50.7 Å². The maximum Gasteiger partial charge on any atom is 0.240 e. The molecule has 0 radical (unpaired) electrons. The Morgan fingerprint density at radius 1 is 1.16 bits per heavy atom. The predicted molar refractivity (Wildman–Crippen MR) is 73.2 cm³/mol. The minimum atomic E-state index is -3.62. The van der Waals surface area contributed by atoms with Gasteiger partial charge in [0.2, 0.25) is 10.0 Å². The number of hydrogen-bond donors (Lipinski definition) is 1. The van der Waals surface area contributed by atoms with Gasteiger partial charge < -0.3 is 0 Å². The molecule has 3 nitrogen and oxygen atoms in total. The van der Waals surface area contributed by atoms with Crippen molar-refractivity contribution >= 4 is 21.6 Å². The van der Waals surface area contributed by atoms with Crippen molar-refractivity contribution in [1.29, 1.82) is 0 Å². The second-order valence-electron chi connectivity index (χ2n) is 4.89. The number of sulfonamides is 1. The SMILES string of the molecule is O=S(=O)(NC1CCCCCC1)c1ccc(F)c(Cl)c1. The molecule has 1 aliphatic rings. The quantitative estimate of drug-likeness (QED) is 0.869. The summed E-state index contributed by atoms with van der Waals surface area (Å²) in [6.45, 7) is 0. The van der Waals surface area contributed by atoms with Gasteiger partial charge in [0, 0.05) is 6.04 Å². The Labute approximate surface area is 118 Å². The monoisotopic (exact) mass is 305 g/mol. The Bertz CT molecular complexity index is 540. The Morgan fingerprint density at radius 2 is 1.79 bits per heavy atom. The van der Waals surface area contributed by atoms with Crippen molar-refractivity contribution in [3.05, 3.63) is 29.0 Å². The summed E-state index contributed by atoms with van der Waals surface area (Å²) < 4.78 is 40.1. The van der Waals surface area contributed by atoms with E-state index in [1.807, 2.05) is 0 Å². The summed E-state index contributed by atoms with van der Waals surface area (Å²) in [6, 6.07) is 3.43. The zero-order chi connectivity index (χ0) is 13.9. The molecule has 0 spiro atoms. The van der Waals surface area contributed by atoms with Crippen molar-refractivity contribution in [1.82, 2.24) is 4.72 Å². The molecular formula is C13H17ClFNO2S. The first-order valence-electron chi connectivity index (χ1n) is 6.46. The molecule has 1 N–H and O–H groups in total. The largest absolute Gasteiger partial charge is 0.240 e. The van der Waals surface area contributed by atoms with Gasteiger partial charge in [0.15, 0.2) is 0 Å². The lowest BCUT2D eigenvalue weighted by Crippen LogP contribution is -2.34. The molecule has 0 aliphatic heterocycles. The van der Waals surface area contributed by atoms with E-state index >= 15 is 0 Å². The first-order chi connectivity index (χ1) is 8.99. The number of nitrogens with one attached hydrogen (secondary N) is 1. The van der Waals surface area contributed by atoms with Crippen molar-refractivity contribution in [2.24, 2.45) is 0 Å². The Balaban J connectivity index is 2.14. The maximum atomic E-state index is 13.1. The van der Waals surface area contributed by atoms with Crippen LogP contribution in [0.5, 0.6) is 0 Å². The fourth-order valence-electron chi connectivity index (χ4n) is 2.33. The molecule has 0 heterocycles. The first-order valence-corrected chi connectivity index (χ1v) is 8.32. The molecule has 0 amide bonds. The van der Waals surface area contributed by atoms with Crippen LogP contribution in [-0.2, 0) is 10.0 Å². The van der Waals surface area contributed by atoms with Crippen LogP contribution in [-0.4, -0.2) is 14.5 Å². The normalized spacial score (nSPS) is 18.2. The molecule has 2 rings (SSSR count). The van der Waals surface area contributed by atoms with Gasteiger partial charge in [0.1, 0.15) is 5.82 Å². The lowest BCUT2D eigenvalue weighted by atomic mass is 10.1. The zero-order valence-corrected chi connectivity index (χ0v) is 12.1. The van der Waals surface area contributed by atoms with E-state index in [9.17, 15) is 12.8 Å². The van der Waals surface area contributed by atoms with Crippen LogP contribution in [0.3, 0.4) is 0 Å². The Hall–Kier alpha value is -0.650. The second-order valence-corrected chi connectivity index (χ2v) is 7.01. The topological polar surface area (TPSA) is 46.2 Å². The lowest BCUT2D eigenvalue weighted by molar-refractivity contribution is 0.510. The lowest BCUT2D eigenvalue weighted by Gasteiger charge is -2.16. The molecule has 1 fully saturated rings. The van der Waals surface area contributed by atoms with E-state index in [1.165, 1.54) is 6.07 Å². The van der Waals surface area contributed by atoms with Crippen LogP contribution in [0.2, 0.25) is 5.02 Å². The van der Waals surface area contributed by atoms with Crippen molar-refractivity contribution in [2.75, 3.05) is 0 Å². The van der Waals surface area contributed by atoms with Crippen LogP contribution in [0.25, 0.3) is 0 Å². The average Bonchev–Trinajstić information content (AvgIpc) is 2.60. The molecule has 0 aromatic heterocycles. The average molecular weight is 306 g/mol. The van der Waals surface area contributed by atoms with Crippen molar-refractivity contribution in [3.63, 3.8) is 0 Å². The van der Waals surface area contributed by atoms with E-state index in [1.54, 1.807) is 0 Å². The first kappa shape index (κ1) is 14.8. The number of hydrogen-bond acceptors (Lipinski definition) is 2. The zero-order valence-electron chi connectivity index (χ0n) is 10.5. The van der Waals surface area contributed by atoms with Gasteiger partial charge >= 0.3 is 0 Å². The molecule has 106 valence electrons. The minimum absolute atomic E-state index is 0.0168. The molecule has 0 saturated heterocycles. The fraction of sp³-hybridized carbons (Fsp3) is 0.538. The molecule has 0 atom stereocenters. The van der Waals surface area contributed by atoms with E-state index < -0.39 is 15.8 Å². The van der Waals surface area contributed by atoms with E-state index in [-0.39, 0.29) is 16.0 Å². The van der Waals surface area contributed by atoms with Crippen molar-refractivity contribution in [2.45, 2.75) is 49.5 Å². The Morgan fingerprint density at radius 3 is 2.37 bits per heavy atom. The van der Waals surface area contributed by atoms with Crippen LogP contribution >= 0.6 is 11.6 Å². The van der Waals surface area contributed by atoms with Gasteiger partial charge in [-0.15, -0.1) is 0 Å². The summed E-state index contributed by atoms with van der Waals surface area (Å²) in [5.74, 6) is -0.616. The van der Waals surface area contributed by atoms with Crippen LogP contribution in [0.4, 0.5) is 4.39 Å². The molecule has 1 aromatic rings. The number of benzene rings is 1. The summed E-state index contributed by atoms with van der Waals surface area (Å²) >= 11 is 5.62. The van der Waals surface area contributed by atoms with Crippen LogP contribution in [0.15, 0.2) is 23.1 Å². The molecular weight excluding hydrogens is 289 g/mol. The summed E-state index contributed by atoms with van der Waals surface area (Å²) in [5, 5.41) is -0.177. The molecule has 1 saturated carbocycles. The highest BCUT2D eigenvalue weighted by molar-refractivity contribution is 7.89. The molecule has 0 bridgehead atoms. The fourth-order valence-corrected chi connectivity index (χ4v) is 3.90. The van der Waals surface area contributed by atoms with E-state index in [0.29, 0.717) is 0 Å². The summed E-state index contributed by atoms with van der Waals surface area (Å²) in [4.78, 5) is 0.0168. The number of halogens is 2. The third-order valence-corrected chi connectivity index (χ3v) is 5.19. The van der Waals surface area contributed by atoms with Crippen molar-refractivity contribution in [3.8, 4) is 0 Å². The van der Waals surface area contributed by atoms with Gasteiger partial charge in [-0.3, -0.25) is 0 Å². The summed E-state index contributed by atoms with van der Waals surface area (Å²) in [7, 11) is -3.62. The Kier molecular flexibility index (Phi) is 4.81. The molecule has 1 aromatic carbocycles. The number of rotatable bonds is 3. The second kappa shape index (κ2) is 6.20. The van der Waals surface area contributed by atoms with E-state index in [4.69, 9.17) is 11.6 Å². The highest BCUT2D eigenvalue weighted by Gasteiger charge is 2.21. The van der Waals surface area contributed by atoms with Crippen LogP contribution in [0, 0.1) is 5.82 Å². The summed E-state index contributed by atoms with van der Waals surface area (Å²) in [5.41, 5.74) is 0. The van der Waals surface area contributed by atoms with Crippen LogP contribution in [0.1, 0.15) is 38.5 Å². The van der Waals surface area contributed by atoms with Crippen LogP contribution < -0.4 is 4.72 Å². The van der Waals surface area contributed by atoms with Gasteiger partial charge in [-0.05, 0) is 31.0 Å². The molecule has 1 aliphatic carbocycles. The minimum Gasteiger partial charge on any atom is -0.208 e. The summed E-state index contributed by atoms with van der Waals surface area (Å²) in [6.07, 6.45) is 6.10. The highest BCUT2D eigenvalue weighted by Crippen LogP contribution is 2.22. The standard InChI is InChI=1S/C13H17ClFNO2S/c14-12-9-11(7-8-13(12)15)19(17,18)16-10-5-3-1-2-4-6-10/h7-10,16H,1-6H2. The van der Waals surface area contributed by atoms with E-state index in [2.05, 4.69) is 4.72 Å². The maximum absolute atomic E-state index is 13.1. The molecule has 6 heteroatoms. The van der Waals surface area contributed by atoms with Gasteiger partial charge in [-0.25, -0.2) is 17.5 Å². The van der Waals surface area contributed by atoms with Gasteiger partial charge in [-0.1, -0.05) is 37.3 Å². The van der Waals surface area contributed by atoms with Gasteiger partial charge in [0.25, 0.3) is 0 Å². The van der Waals surface area contributed by atoms with Gasteiger partial charge in [0.05, 0.1) is 9.92 Å². The predicted octanol–water partition coefficient (Wildman–Crippen LogP) is 3.48. The smallest absolute Gasteiger partial charge is 0.208 e. The van der Waals surface area contributed by atoms with Crippen molar-refractivity contribution < 1.29 is 12.8 Å². The highest BCUT2D eigenvalue weighted by atomic mass is 35.5. The third-order valence-electron chi connectivity index (χ3n) is 3.38. The molecule has 19 heavy (non-hydrogen) atoms. The third kappa shape index (κ3) is 3.91. The van der Waals surface area contributed by atoms with Gasteiger partial charge in [-0.2, -0.15) is 0 Å². The molecule has 0 unspecified atom stereocenters.